The average Bonchev–Trinajstić information content (AvgIpc) is 3.47. The summed E-state index contributed by atoms with van der Waals surface area (Å²) in [7, 11) is 0. The second-order valence-corrected chi connectivity index (χ2v) is 13.3. The number of hydrogen-bond acceptors (Lipinski definition) is 2. The predicted octanol–water partition coefficient (Wildman–Crippen LogP) is 13.3. The number of rotatable bonds is 10. The van der Waals surface area contributed by atoms with E-state index in [4.69, 9.17) is 0 Å². The highest BCUT2D eigenvalue weighted by atomic mass is 15.1. The fourth-order valence-corrected chi connectivity index (χ4v) is 7.98. The summed E-state index contributed by atoms with van der Waals surface area (Å²) in [6.45, 7) is 4.68. The molecule has 0 atom stereocenters. The van der Waals surface area contributed by atoms with Crippen molar-refractivity contribution in [2.75, 3.05) is 9.80 Å². The largest absolute Gasteiger partial charge is 0.311 e. The van der Waals surface area contributed by atoms with Crippen molar-refractivity contribution in [3.63, 3.8) is 0 Å². The first-order valence-corrected chi connectivity index (χ1v) is 17.9. The van der Waals surface area contributed by atoms with Gasteiger partial charge in [-0.05, 0) is 125 Å². The lowest BCUT2D eigenvalue weighted by Crippen LogP contribution is -2.23. The maximum Gasteiger partial charge on any atom is 0.0465 e. The van der Waals surface area contributed by atoms with Crippen molar-refractivity contribution < 1.29 is 0 Å². The first-order valence-electron chi connectivity index (χ1n) is 17.9. The van der Waals surface area contributed by atoms with Gasteiger partial charge in [0.05, 0.1) is 0 Å². The van der Waals surface area contributed by atoms with Gasteiger partial charge in [-0.3, -0.25) is 0 Å². The lowest BCUT2D eigenvalue weighted by molar-refractivity contribution is 0.490. The Hall–Kier alpha value is -5.86. The Bertz CT molecular complexity index is 2140. The number of nitrogens with zero attached hydrogens (tertiary/aromatic N) is 2. The van der Waals surface area contributed by atoms with Gasteiger partial charge in [0.2, 0.25) is 0 Å². The molecule has 0 unspecified atom stereocenters. The molecule has 0 fully saturated rings. The average molecular weight is 647 g/mol. The van der Waals surface area contributed by atoms with Crippen molar-refractivity contribution in [3.05, 3.63) is 204 Å². The van der Waals surface area contributed by atoms with Crippen molar-refractivity contribution >= 4 is 34.1 Å². The molecule has 0 heterocycles. The Morgan fingerprint density at radius 2 is 0.740 bits per heavy atom. The first kappa shape index (κ1) is 31.4. The van der Waals surface area contributed by atoms with Gasteiger partial charge < -0.3 is 9.80 Å². The third-order valence-electron chi connectivity index (χ3n) is 10.6. The Labute approximate surface area is 296 Å². The molecule has 0 aromatic heterocycles. The molecule has 0 bridgehead atoms. The predicted molar refractivity (Wildman–Crippen MR) is 212 cm³/mol. The summed E-state index contributed by atoms with van der Waals surface area (Å²) < 4.78 is 0. The number of para-hydroxylation sites is 3. The van der Waals surface area contributed by atoms with Crippen LogP contribution < -0.4 is 9.80 Å². The van der Waals surface area contributed by atoms with Crippen molar-refractivity contribution in [3.8, 4) is 11.1 Å². The molecule has 2 heteroatoms. The maximum absolute atomic E-state index is 2.46. The summed E-state index contributed by atoms with van der Waals surface area (Å²) in [5.41, 5.74) is 15.2. The quantitative estimate of drug-likeness (QED) is 0.146. The lowest BCUT2D eigenvalue weighted by atomic mass is 9.74. The fourth-order valence-electron chi connectivity index (χ4n) is 7.98. The molecule has 0 saturated heterocycles. The third kappa shape index (κ3) is 5.67. The zero-order valence-corrected chi connectivity index (χ0v) is 28.8. The first-order chi connectivity index (χ1) is 24.7. The molecule has 8 rings (SSSR count). The molecule has 0 radical (unpaired) electrons. The van der Waals surface area contributed by atoms with E-state index >= 15 is 0 Å². The van der Waals surface area contributed by atoms with E-state index in [0.29, 0.717) is 0 Å². The number of hydrogen-bond donors (Lipinski definition) is 0. The van der Waals surface area contributed by atoms with E-state index in [0.717, 1.165) is 47.7 Å². The minimum absolute atomic E-state index is 0.0307. The normalized spacial score (nSPS) is 12.6. The van der Waals surface area contributed by atoms with E-state index in [9.17, 15) is 0 Å². The lowest BCUT2D eigenvalue weighted by Gasteiger charge is -2.31. The Kier molecular flexibility index (Phi) is 8.52. The van der Waals surface area contributed by atoms with Crippen LogP contribution in [0.5, 0.6) is 0 Å². The van der Waals surface area contributed by atoms with Gasteiger partial charge in [0.15, 0.2) is 0 Å². The molecule has 0 spiro atoms. The summed E-state index contributed by atoms with van der Waals surface area (Å²) in [6, 6.07) is 66.1. The highest BCUT2D eigenvalue weighted by Crippen LogP contribution is 2.54. The SMILES string of the molecule is CCC1(CC)c2ccccc2-c2ccc(N(c3ccccc3)c3ccc(Cc4ccc(N(c5ccccc5)c5ccccc5)cc4)cc3)cc21. The van der Waals surface area contributed by atoms with Gasteiger partial charge in [-0.15, -0.1) is 0 Å². The van der Waals surface area contributed by atoms with Crippen LogP contribution >= 0.6 is 0 Å². The Balaban J connectivity index is 1.09. The monoisotopic (exact) mass is 646 g/mol. The van der Waals surface area contributed by atoms with Gasteiger partial charge in [-0.2, -0.15) is 0 Å². The number of fused-ring (bicyclic) bond motifs is 3. The van der Waals surface area contributed by atoms with Gasteiger partial charge in [-0.1, -0.05) is 123 Å². The molecule has 244 valence electrons. The molecule has 50 heavy (non-hydrogen) atoms. The van der Waals surface area contributed by atoms with Crippen molar-refractivity contribution in [2.24, 2.45) is 0 Å². The van der Waals surface area contributed by atoms with Crippen LogP contribution in [0, 0.1) is 0 Å². The molecule has 0 amide bonds. The van der Waals surface area contributed by atoms with Gasteiger partial charge in [-0.25, -0.2) is 0 Å². The number of benzene rings is 7. The van der Waals surface area contributed by atoms with Crippen LogP contribution in [-0.2, 0) is 11.8 Å². The van der Waals surface area contributed by atoms with E-state index in [1.807, 2.05) is 0 Å². The van der Waals surface area contributed by atoms with E-state index in [-0.39, 0.29) is 5.41 Å². The summed E-state index contributed by atoms with van der Waals surface area (Å²) in [5.74, 6) is 0. The van der Waals surface area contributed by atoms with E-state index < -0.39 is 0 Å². The Morgan fingerprint density at radius 1 is 0.360 bits per heavy atom. The molecule has 1 aliphatic rings. The standard InChI is InChI=1S/C48H42N2/c1-3-48(4-2)46-23-15-14-22-44(46)45-33-32-43(35-47(45)48)50(40-20-12-7-13-21-40)42-30-26-37(27-31-42)34-36-24-28-41(29-25-36)49(38-16-8-5-9-17-38)39-18-10-6-11-19-39/h5-33,35H,3-4,34H2,1-2H3. The van der Waals surface area contributed by atoms with Gasteiger partial charge in [0.1, 0.15) is 0 Å². The molecular weight excluding hydrogens is 605 g/mol. The van der Waals surface area contributed by atoms with Crippen LogP contribution in [0.2, 0.25) is 0 Å². The van der Waals surface area contributed by atoms with Gasteiger partial charge >= 0.3 is 0 Å². The smallest absolute Gasteiger partial charge is 0.0465 e. The maximum atomic E-state index is 2.46. The van der Waals surface area contributed by atoms with E-state index in [1.54, 1.807) is 0 Å². The van der Waals surface area contributed by atoms with Gasteiger partial charge in [0, 0.05) is 39.5 Å². The minimum Gasteiger partial charge on any atom is -0.311 e. The molecule has 1 aliphatic carbocycles. The fraction of sp³-hybridized carbons (Fsp3) is 0.125. The molecule has 0 saturated carbocycles. The summed E-state index contributed by atoms with van der Waals surface area (Å²) in [5, 5.41) is 0. The summed E-state index contributed by atoms with van der Waals surface area (Å²) in [4.78, 5) is 4.71. The molecular formula is C48H42N2. The summed E-state index contributed by atoms with van der Waals surface area (Å²) >= 11 is 0. The zero-order chi connectivity index (χ0) is 33.9. The molecule has 0 N–H and O–H groups in total. The van der Waals surface area contributed by atoms with Crippen molar-refractivity contribution in [1.82, 2.24) is 0 Å². The van der Waals surface area contributed by atoms with Crippen molar-refractivity contribution in [1.29, 1.82) is 0 Å². The van der Waals surface area contributed by atoms with E-state index in [2.05, 4.69) is 206 Å². The molecule has 7 aromatic carbocycles. The van der Waals surface area contributed by atoms with Crippen LogP contribution in [0.4, 0.5) is 34.1 Å². The van der Waals surface area contributed by atoms with Crippen LogP contribution in [0.15, 0.2) is 182 Å². The minimum atomic E-state index is 0.0307. The third-order valence-corrected chi connectivity index (χ3v) is 10.6. The Morgan fingerprint density at radius 3 is 1.22 bits per heavy atom. The van der Waals surface area contributed by atoms with E-state index in [1.165, 1.54) is 39.1 Å². The molecule has 0 aliphatic heterocycles. The summed E-state index contributed by atoms with van der Waals surface area (Å²) in [6.07, 6.45) is 3.03. The second-order valence-electron chi connectivity index (χ2n) is 13.3. The van der Waals surface area contributed by atoms with Crippen molar-refractivity contribution in [2.45, 2.75) is 38.5 Å². The highest BCUT2D eigenvalue weighted by molar-refractivity contribution is 5.86. The van der Waals surface area contributed by atoms with Crippen LogP contribution in [-0.4, -0.2) is 0 Å². The highest BCUT2D eigenvalue weighted by Gasteiger charge is 2.40. The van der Waals surface area contributed by atoms with Crippen LogP contribution in [0.25, 0.3) is 11.1 Å². The van der Waals surface area contributed by atoms with Crippen LogP contribution in [0.1, 0.15) is 48.9 Å². The number of anilines is 6. The molecule has 7 aromatic rings. The zero-order valence-electron chi connectivity index (χ0n) is 28.8. The topological polar surface area (TPSA) is 6.48 Å². The van der Waals surface area contributed by atoms with Crippen LogP contribution in [0.3, 0.4) is 0 Å². The second kappa shape index (κ2) is 13.6. The molecule has 2 nitrogen and oxygen atoms in total. The van der Waals surface area contributed by atoms with Gasteiger partial charge in [0.25, 0.3) is 0 Å².